The van der Waals surface area contributed by atoms with E-state index in [4.69, 9.17) is 19.9 Å². The number of nitrogens with two attached hydrogens (primary N) is 1. The first-order chi connectivity index (χ1) is 18.9. The van der Waals surface area contributed by atoms with Crippen LogP contribution in [0.3, 0.4) is 0 Å². The number of nitrogens with one attached hydrogen (secondary N) is 2. The topological polar surface area (TPSA) is 128 Å². The van der Waals surface area contributed by atoms with Crippen LogP contribution in [0.2, 0.25) is 0 Å². The Morgan fingerprint density at radius 3 is 2.85 bits per heavy atom. The van der Waals surface area contributed by atoms with E-state index in [1.165, 1.54) is 16.0 Å². The Kier molecular flexibility index (Phi) is 6.84. The fourth-order valence-corrected chi connectivity index (χ4v) is 5.02. The normalized spacial score (nSPS) is 24.9. The Morgan fingerprint density at radius 1 is 1.18 bits per heavy atom. The van der Waals surface area contributed by atoms with Crippen molar-refractivity contribution < 1.29 is 23.8 Å². The highest BCUT2D eigenvalue weighted by molar-refractivity contribution is 5.95. The van der Waals surface area contributed by atoms with Crippen LogP contribution in [-0.2, 0) is 14.3 Å². The lowest BCUT2D eigenvalue weighted by molar-refractivity contribution is -0.118. The van der Waals surface area contributed by atoms with Crippen molar-refractivity contribution in [3.8, 4) is 5.75 Å². The number of anilines is 2. The number of aromatic nitrogens is 1. The van der Waals surface area contributed by atoms with Gasteiger partial charge in [0, 0.05) is 18.5 Å². The highest BCUT2D eigenvalue weighted by Crippen LogP contribution is 2.37. The number of allylic oxidation sites excluding steroid dienone is 2. The van der Waals surface area contributed by atoms with Crippen LogP contribution in [0.15, 0.2) is 60.7 Å². The summed E-state index contributed by atoms with van der Waals surface area (Å²) < 4.78 is 17.5. The number of ether oxygens (including phenoxy) is 3. The second-order valence-corrected chi connectivity index (χ2v) is 10.7. The maximum Gasteiger partial charge on any atom is 0.415 e. The van der Waals surface area contributed by atoms with Gasteiger partial charge in [0.2, 0.25) is 0 Å². The molecule has 2 atom stereocenters. The molecule has 0 radical (unpaired) electrons. The molecule has 4 aliphatic rings. The van der Waals surface area contributed by atoms with Crippen molar-refractivity contribution in [2.45, 2.75) is 42.9 Å². The third-order valence-corrected chi connectivity index (χ3v) is 7.55. The molecule has 10 nitrogen and oxygen atoms in total. The number of hydrogen-bond donors (Lipinski definition) is 3. The van der Waals surface area contributed by atoms with Crippen molar-refractivity contribution in [2.24, 2.45) is 5.73 Å². The summed E-state index contributed by atoms with van der Waals surface area (Å²) in [6.07, 6.45) is 8.95. The van der Waals surface area contributed by atoms with Crippen molar-refractivity contribution in [3.05, 3.63) is 66.3 Å². The second-order valence-electron chi connectivity index (χ2n) is 10.7. The van der Waals surface area contributed by atoms with E-state index in [0.29, 0.717) is 50.0 Å². The first kappa shape index (κ1) is 25.5. The van der Waals surface area contributed by atoms with Crippen LogP contribution >= 0.6 is 0 Å². The van der Waals surface area contributed by atoms with Crippen LogP contribution in [0.4, 0.5) is 16.4 Å². The highest BCUT2D eigenvalue weighted by atomic mass is 16.6. The molecule has 1 saturated carbocycles. The van der Waals surface area contributed by atoms with Gasteiger partial charge < -0.3 is 30.6 Å². The summed E-state index contributed by atoms with van der Waals surface area (Å²) in [6, 6.07) is 13.7. The summed E-state index contributed by atoms with van der Waals surface area (Å²) in [6.45, 7) is 2.10. The number of nitrogens with zero attached hydrogens (tertiary/aromatic N) is 2. The standard InChI is InChI=1S/C29H33N5O5/c30-28(12-13-28)19-38-29(11-4-7-21(15-29)20-5-2-1-3-6-20)18-31-14-10-22-16-34(27(36)39-22)24-9-8-23-26(32-24)33-25(35)17-37-23/h1-9,11,22,31H,10,12-19,30H2,(H,32,33,35)/t22-,29?/m0/s1. The van der Waals surface area contributed by atoms with Gasteiger partial charge in [-0.05, 0) is 49.1 Å². The molecule has 2 aromatic rings. The summed E-state index contributed by atoms with van der Waals surface area (Å²) in [5.41, 5.74) is 8.04. The molecule has 1 aromatic carbocycles. The Labute approximate surface area is 227 Å². The fourth-order valence-electron chi connectivity index (χ4n) is 5.02. The van der Waals surface area contributed by atoms with Crippen LogP contribution in [0.1, 0.15) is 31.2 Å². The van der Waals surface area contributed by atoms with Gasteiger partial charge in [-0.3, -0.25) is 9.69 Å². The minimum Gasteiger partial charge on any atom is -0.480 e. The van der Waals surface area contributed by atoms with E-state index in [0.717, 1.165) is 19.3 Å². The summed E-state index contributed by atoms with van der Waals surface area (Å²) in [7, 11) is 0. The van der Waals surface area contributed by atoms with Crippen molar-refractivity contribution in [3.63, 3.8) is 0 Å². The van der Waals surface area contributed by atoms with Gasteiger partial charge in [-0.1, -0.05) is 48.6 Å². The predicted molar refractivity (Wildman–Crippen MR) is 146 cm³/mol. The molecule has 0 spiro atoms. The third-order valence-electron chi connectivity index (χ3n) is 7.55. The number of cyclic esters (lactones) is 1. The number of benzene rings is 1. The minimum absolute atomic E-state index is 0.0477. The number of hydrogen-bond acceptors (Lipinski definition) is 8. The lowest BCUT2D eigenvalue weighted by atomic mass is 9.86. The Hall–Kier alpha value is -3.73. The first-order valence-corrected chi connectivity index (χ1v) is 13.4. The van der Waals surface area contributed by atoms with Gasteiger partial charge in [-0.15, -0.1) is 0 Å². The smallest absolute Gasteiger partial charge is 0.415 e. The van der Waals surface area contributed by atoms with E-state index >= 15 is 0 Å². The first-order valence-electron chi connectivity index (χ1n) is 13.4. The molecule has 39 heavy (non-hydrogen) atoms. The summed E-state index contributed by atoms with van der Waals surface area (Å²) in [4.78, 5) is 30.1. The molecule has 2 aliphatic carbocycles. The molecule has 204 valence electrons. The van der Waals surface area contributed by atoms with Gasteiger partial charge in [0.1, 0.15) is 17.5 Å². The third kappa shape index (κ3) is 5.83. The lowest BCUT2D eigenvalue weighted by Crippen LogP contribution is -2.46. The number of pyridine rings is 1. The van der Waals surface area contributed by atoms with Gasteiger partial charge in [0.05, 0.1) is 13.2 Å². The Morgan fingerprint density at radius 2 is 2.03 bits per heavy atom. The van der Waals surface area contributed by atoms with Crippen molar-refractivity contribution >= 4 is 29.2 Å². The van der Waals surface area contributed by atoms with Gasteiger partial charge in [0.15, 0.2) is 18.2 Å². The van der Waals surface area contributed by atoms with E-state index in [-0.39, 0.29) is 24.2 Å². The van der Waals surface area contributed by atoms with Crippen LogP contribution in [-0.4, -0.2) is 67.1 Å². The van der Waals surface area contributed by atoms with Gasteiger partial charge in [0.25, 0.3) is 5.91 Å². The summed E-state index contributed by atoms with van der Waals surface area (Å²) >= 11 is 0. The number of fused-ring (bicyclic) bond motifs is 1. The summed E-state index contributed by atoms with van der Waals surface area (Å²) in [5.74, 6) is 0.921. The molecule has 3 heterocycles. The quantitative estimate of drug-likeness (QED) is 0.399. The molecule has 10 heteroatoms. The van der Waals surface area contributed by atoms with Gasteiger partial charge >= 0.3 is 6.09 Å². The predicted octanol–water partition coefficient (Wildman–Crippen LogP) is 3.01. The van der Waals surface area contributed by atoms with E-state index in [1.807, 2.05) is 18.2 Å². The maximum absolute atomic E-state index is 12.6. The van der Waals surface area contributed by atoms with Crippen LogP contribution in [0, 0.1) is 0 Å². The Bertz CT molecular complexity index is 1310. The maximum atomic E-state index is 12.6. The van der Waals surface area contributed by atoms with E-state index in [9.17, 15) is 9.59 Å². The lowest BCUT2D eigenvalue weighted by Gasteiger charge is -2.35. The number of rotatable bonds is 10. The van der Waals surface area contributed by atoms with Crippen LogP contribution in [0.5, 0.6) is 5.75 Å². The fraction of sp³-hybridized carbons (Fsp3) is 0.414. The Balaban J connectivity index is 1.05. The molecular formula is C29H33N5O5. The summed E-state index contributed by atoms with van der Waals surface area (Å²) in [5, 5.41) is 6.20. The molecule has 1 saturated heterocycles. The van der Waals surface area contributed by atoms with Crippen LogP contribution < -0.4 is 26.0 Å². The molecule has 4 N–H and O–H groups in total. The monoisotopic (exact) mass is 531 g/mol. The molecule has 2 fully saturated rings. The zero-order valence-corrected chi connectivity index (χ0v) is 21.7. The molecular weight excluding hydrogens is 498 g/mol. The minimum atomic E-state index is -0.507. The zero-order chi connectivity index (χ0) is 26.9. The molecule has 0 bridgehead atoms. The second kappa shape index (κ2) is 10.4. The largest absolute Gasteiger partial charge is 0.480 e. The molecule has 1 unspecified atom stereocenters. The zero-order valence-electron chi connectivity index (χ0n) is 21.7. The van der Waals surface area contributed by atoms with Gasteiger partial charge in [-0.25, -0.2) is 9.78 Å². The molecule has 6 rings (SSSR count). The van der Waals surface area contributed by atoms with E-state index < -0.39 is 11.7 Å². The van der Waals surface area contributed by atoms with Crippen molar-refractivity contribution in [1.29, 1.82) is 0 Å². The van der Waals surface area contributed by atoms with Crippen LogP contribution in [0.25, 0.3) is 5.57 Å². The SMILES string of the molecule is NC1(COC2(CNCC[C@H]3CN(c4ccc5c(n4)NC(=O)CO5)C(=O)O3)C=CC=C(c3ccccc3)C2)CC1. The number of carbonyl (C=O) groups is 2. The van der Waals surface area contributed by atoms with E-state index in [2.05, 4.69) is 46.0 Å². The molecule has 1 aromatic heterocycles. The van der Waals surface area contributed by atoms with Crippen molar-refractivity contribution in [2.75, 3.05) is 43.1 Å². The van der Waals surface area contributed by atoms with E-state index in [1.54, 1.807) is 12.1 Å². The molecule has 2 amide bonds. The average Bonchev–Trinajstić information content (AvgIpc) is 3.58. The highest BCUT2D eigenvalue weighted by Gasteiger charge is 2.42. The average molecular weight is 532 g/mol. The molecule has 2 aliphatic heterocycles. The van der Waals surface area contributed by atoms with Gasteiger partial charge in [-0.2, -0.15) is 0 Å². The van der Waals surface area contributed by atoms with Crippen molar-refractivity contribution in [1.82, 2.24) is 10.3 Å². The number of carbonyl (C=O) groups excluding carboxylic acids is 2. The number of amides is 2.